The van der Waals surface area contributed by atoms with E-state index in [4.69, 9.17) is 4.74 Å². The molecule has 1 aromatic carbocycles. The van der Waals surface area contributed by atoms with Gasteiger partial charge in [0.1, 0.15) is 5.75 Å². The van der Waals surface area contributed by atoms with Crippen LogP contribution in [0.1, 0.15) is 32.3 Å². The summed E-state index contributed by atoms with van der Waals surface area (Å²) >= 11 is 0. The third-order valence-electron chi connectivity index (χ3n) is 4.47. The highest BCUT2D eigenvalue weighted by atomic mass is 16.5. The highest BCUT2D eigenvalue weighted by molar-refractivity contribution is 5.77. The van der Waals surface area contributed by atoms with Crippen molar-refractivity contribution in [1.82, 2.24) is 15.5 Å². The molecule has 2 N–H and O–H groups in total. The third kappa shape index (κ3) is 5.96. The van der Waals surface area contributed by atoms with Gasteiger partial charge in [0, 0.05) is 32.1 Å². The number of piperidine rings is 1. The zero-order valence-corrected chi connectivity index (χ0v) is 15.4. The fraction of sp³-hybridized carbons (Fsp3) is 0.579. The first-order valence-electron chi connectivity index (χ1n) is 8.93. The van der Waals surface area contributed by atoms with Gasteiger partial charge in [0.05, 0.1) is 7.11 Å². The maximum atomic E-state index is 12.4. The lowest BCUT2D eigenvalue weighted by molar-refractivity contribution is -0.124. The molecule has 1 aromatic rings. The van der Waals surface area contributed by atoms with Crippen molar-refractivity contribution in [3.05, 3.63) is 29.8 Å². The molecule has 1 fully saturated rings. The Balaban J connectivity index is 1.79. The summed E-state index contributed by atoms with van der Waals surface area (Å²) in [4.78, 5) is 26.0. The number of carbonyl (C=O) groups is 2. The first kappa shape index (κ1) is 19.1. The van der Waals surface area contributed by atoms with Crippen LogP contribution in [0.2, 0.25) is 0 Å². The van der Waals surface area contributed by atoms with E-state index in [-0.39, 0.29) is 17.9 Å². The summed E-state index contributed by atoms with van der Waals surface area (Å²) in [7, 11) is 1.63. The van der Waals surface area contributed by atoms with Crippen LogP contribution in [0.15, 0.2) is 24.3 Å². The van der Waals surface area contributed by atoms with Gasteiger partial charge in [-0.15, -0.1) is 0 Å². The minimum atomic E-state index is -0.0530. The summed E-state index contributed by atoms with van der Waals surface area (Å²) < 4.78 is 5.20. The maximum Gasteiger partial charge on any atom is 0.317 e. The summed E-state index contributed by atoms with van der Waals surface area (Å²) in [5.41, 5.74) is 1.01. The molecule has 6 nitrogen and oxygen atoms in total. The molecule has 0 aromatic heterocycles. The van der Waals surface area contributed by atoms with Gasteiger partial charge in [-0.3, -0.25) is 4.79 Å². The second-order valence-electron chi connectivity index (χ2n) is 6.86. The van der Waals surface area contributed by atoms with Gasteiger partial charge in [-0.2, -0.15) is 0 Å². The zero-order chi connectivity index (χ0) is 18.2. The van der Waals surface area contributed by atoms with Crippen LogP contribution in [0.25, 0.3) is 0 Å². The molecule has 138 valence electrons. The van der Waals surface area contributed by atoms with E-state index in [1.165, 1.54) is 0 Å². The lowest BCUT2D eigenvalue weighted by Crippen LogP contribution is -2.47. The SMILES string of the molecule is COc1cccc(CNC(=O)N2CCC[C@H](CNC(=O)C(C)C)C2)c1. The number of carbonyl (C=O) groups excluding carboxylic acids is 2. The Morgan fingerprint density at radius 3 is 2.84 bits per heavy atom. The van der Waals surface area contributed by atoms with Crippen molar-refractivity contribution in [1.29, 1.82) is 0 Å². The highest BCUT2D eigenvalue weighted by Gasteiger charge is 2.24. The fourth-order valence-corrected chi connectivity index (χ4v) is 2.94. The molecular weight excluding hydrogens is 318 g/mol. The molecule has 1 aliphatic rings. The zero-order valence-electron chi connectivity index (χ0n) is 15.4. The number of benzene rings is 1. The summed E-state index contributed by atoms with van der Waals surface area (Å²) in [5, 5.41) is 5.94. The topological polar surface area (TPSA) is 70.7 Å². The highest BCUT2D eigenvalue weighted by Crippen LogP contribution is 2.16. The number of nitrogens with zero attached hydrogens (tertiary/aromatic N) is 1. The van der Waals surface area contributed by atoms with Crippen molar-refractivity contribution in [2.75, 3.05) is 26.7 Å². The molecule has 25 heavy (non-hydrogen) atoms. The summed E-state index contributed by atoms with van der Waals surface area (Å²) in [6, 6.07) is 7.62. The molecule has 1 aliphatic heterocycles. The Morgan fingerprint density at radius 1 is 1.32 bits per heavy atom. The number of likely N-dealkylation sites (tertiary alicyclic amines) is 1. The van der Waals surface area contributed by atoms with Crippen molar-refractivity contribution < 1.29 is 14.3 Å². The minimum Gasteiger partial charge on any atom is -0.497 e. The first-order valence-corrected chi connectivity index (χ1v) is 8.93. The summed E-state index contributed by atoms with van der Waals surface area (Å²) in [6.45, 7) is 6.32. The Labute approximate surface area is 149 Å². The molecule has 0 aliphatic carbocycles. The quantitative estimate of drug-likeness (QED) is 0.830. The molecule has 0 saturated carbocycles. The van der Waals surface area contributed by atoms with E-state index in [1.807, 2.05) is 43.0 Å². The van der Waals surface area contributed by atoms with Crippen LogP contribution in [-0.4, -0.2) is 43.6 Å². The van der Waals surface area contributed by atoms with Crippen molar-refractivity contribution in [2.24, 2.45) is 11.8 Å². The predicted octanol–water partition coefficient (Wildman–Crippen LogP) is 2.39. The van der Waals surface area contributed by atoms with Gasteiger partial charge in [0.2, 0.25) is 5.91 Å². The number of ether oxygens (including phenoxy) is 1. The summed E-state index contributed by atoms with van der Waals surface area (Å²) in [5.74, 6) is 1.16. The van der Waals surface area contributed by atoms with Crippen molar-refractivity contribution in [3.63, 3.8) is 0 Å². The third-order valence-corrected chi connectivity index (χ3v) is 4.47. The van der Waals surface area contributed by atoms with E-state index in [2.05, 4.69) is 10.6 Å². The van der Waals surface area contributed by atoms with Gasteiger partial charge in [-0.25, -0.2) is 4.79 Å². The molecule has 0 unspecified atom stereocenters. The first-order chi connectivity index (χ1) is 12.0. The van der Waals surface area contributed by atoms with Crippen molar-refractivity contribution in [2.45, 2.75) is 33.2 Å². The Bertz CT molecular complexity index is 589. The van der Waals surface area contributed by atoms with Crippen LogP contribution in [0.5, 0.6) is 5.75 Å². The van der Waals surface area contributed by atoms with Crippen LogP contribution < -0.4 is 15.4 Å². The van der Waals surface area contributed by atoms with Crippen LogP contribution in [0.3, 0.4) is 0 Å². The molecule has 0 bridgehead atoms. The van der Waals surface area contributed by atoms with Crippen LogP contribution in [-0.2, 0) is 11.3 Å². The number of methoxy groups -OCH3 is 1. The summed E-state index contributed by atoms with van der Waals surface area (Å²) in [6.07, 6.45) is 2.01. The molecule has 1 saturated heterocycles. The smallest absolute Gasteiger partial charge is 0.317 e. The largest absolute Gasteiger partial charge is 0.497 e. The van der Waals surface area contributed by atoms with Gasteiger partial charge in [0.25, 0.3) is 0 Å². The molecule has 0 radical (unpaired) electrons. The van der Waals surface area contributed by atoms with Gasteiger partial charge in [0.15, 0.2) is 0 Å². The number of rotatable bonds is 6. The van der Waals surface area contributed by atoms with E-state index >= 15 is 0 Å². The number of urea groups is 1. The molecule has 1 atom stereocenters. The molecule has 6 heteroatoms. The van der Waals surface area contributed by atoms with E-state index in [1.54, 1.807) is 7.11 Å². The Kier molecular flexibility index (Phi) is 7.10. The van der Waals surface area contributed by atoms with E-state index in [9.17, 15) is 9.59 Å². The average molecular weight is 347 g/mol. The standard InChI is InChI=1S/C19H29N3O3/c1-14(2)18(23)20-12-16-7-5-9-22(13-16)19(24)21-11-15-6-4-8-17(10-15)25-3/h4,6,8,10,14,16H,5,7,9,11-13H2,1-3H3,(H,20,23)(H,21,24)/t16-/m1/s1. The second kappa shape index (κ2) is 9.30. The lowest BCUT2D eigenvalue weighted by Gasteiger charge is -2.33. The lowest BCUT2D eigenvalue weighted by atomic mass is 9.98. The minimum absolute atomic E-state index is 0.00847. The monoisotopic (exact) mass is 347 g/mol. The molecule has 1 heterocycles. The van der Waals surface area contributed by atoms with Crippen LogP contribution in [0.4, 0.5) is 4.79 Å². The van der Waals surface area contributed by atoms with Gasteiger partial charge >= 0.3 is 6.03 Å². The number of nitrogens with one attached hydrogen (secondary N) is 2. The number of hydrogen-bond acceptors (Lipinski definition) is 3. The van der Waals surface area contributed by atoms with Crippen LogP contribution in [0, 0.1) is 11.8 Å². The van der Waals surface area contributed by atoms with Gasteiger partial charge < -0.3 is 20.3 Å². The maximum absolute atomic E-state index is 12.4. The van der Waals surface area contributed by atoms with E-state index in [0.29, 0.717) is 25.6 Å². The number of amides is 3. The van der Waals surface area contributed by atoms with Crippen molar-refractivity contribution in [3.8, 4) is 5.75 Å². The molecule has 3 amide bonds. The molecule has 0 spiro atoms. The predicted molar refractivity (Wildman–Crippen MR) is 97.4 cm³/mol. The van der Waals surface area contributed by atoms with E-state index in [0.717, 1.165) is 30.7 Å². The number of hydrogen-bond donors (Lipinski definition) is 2. The molecule has 2 rings (SSSR count). The second-order valence-corrected chi connectivity index (χ2v) is 6.86. The fourth-order valence-electron chi connectivity index (χ4n) is 2.94. The van der Waals surface area contributed by atoms with Crippen molar-refractivity contribution >= 4 is 11.9 Å². The Morgan fingerprint density at radius 2 is 2.12 bits per heavy atom. The van der Waals surface area contributed by atoms with Crippen LogP contribution >= 0.6 is 0 Å². The van der Waals surface area contributed by atoms with E-state index < -0.39 is 0 Å². The molecular formula is C19H29N3O3. The average Bonchev–Trinajstić information content (AvgIpc) is 2.64. The normalized spacial score (nSPS) is 17.3. The van der Waals surface area contributed by atoms with Gasteiger partial charge in [-0.05, 0) is 36.5 Å². The Hall–Kier alpha value is -2.24. The van der Waals surface area contributed by atoms with Gasteiger partial charge in [-0.1, -0.05) is 26.0 Å².